The van der Waals surface area contributed by atoms with Crippen molar-refractivity contribution in [3.63, 3.8) is 0 Å². The fraction of sp³-hybridized carbons (Fsp3) is 0.727. The van der Waals surface area contributed by atoms with Crippen molar-refractivity contribution < 1.29 is 4.74 Å². The van der Waals surface area contributed by atoms with Gasteiger partial charge >= 0.3 is 6.01 Å². The van der Waals surface area contributed by atoms with Crippen molar-refractivity contribution in [3.8, 4) is 6.01 Å². The zero-order chi connectivity index (χ0) is 13.0. The van der Waals surface area contributed by atoms with E-state index in [2.05, 4.69) is 26.8 Å². The highest BCUT2D eigenvalue weighted by molar-refractivity contribution is 7.99. The maximum absolute atomic E-state index is 5.92. The van der Waals surface area contributed by atoms with Crippen LogP contribution in [0.2, 0.25) is 5.28 Å². The molecule has 100 valence electrons. The third-order valence-electron chi connectivity index (χ3n) is 2.64. The molecule has 0 aliphatic carbocycles. The van der Waals surface area contributed by atoms with Crippen LogP contribution in [-0.2, 0) is 0 Å². The Bertz CT molecular complexity index is 407. The van der Waals surface area contributed by atoms with Gasteiger partial charge in [0.25, 0.3) is 0 Å². The molecule has 0 radical (unpaired) electrons. The van der Waals surface area contributed by atoms with Crippen LogP contribution >= 0.6 is 23.4 Å². The van der Waals surface area contributed by atoms with Gasteiger partial charge in [0.15, 0.2) is 0 Å². The van der Waals surface area contributed by atoms with Crippen LogP contribution in [-0.4, -0.2) is 45.7 Å². The number of halogens is 1. The fourth-order valence-corrected chi connectivity index (χ4v) is 2.89. The predicted octanol–water partition coefficient (Wildman–Crippen LogP) is 2.26. The molecule has 0 saturated carbocycles. The number of aromatic nitrogens is 3. The van der Waals surface area contributed by atoms with Crippen molar-refractivity contribution >= 4 is 29.3 Å². The number of nitrogens with zero attached hydrogens (tertiary/aromatic N) is 4. The molecule has 1 aliphatic rings. The average molecular weight is 289 g/mol. The first-order valence-electron chi connectivity index (χ1n) is 6.09. The highest BCUT2D eigenvalue weighted by Gasteiger charge is 2.22. The van der Waals surface area contributed by atoms with Gasteiger partial charge in [-0.3, -0.25) is 0 Å². The quantitative estimate of drug-likeness (QED) is 0.847. The van der Waals surface area contributed by atoms with Gasteiger partial charge in [-0.25, -0.2) is 0 Å². The number of thioether (sulfide) groups is 1. The maximum Gasteiger partial charge on any atom is 0.322 e. The molecule has 0 bridgehead atoms. The summed E-state index contributed by atoms with van der Waals surface area (Å²) in [6, 6.07) is 0.721. The van der Waals surface area contributed by atoms with E-state index >= 15 is 0 Å². The largest absolute Gasteiger partial charge is 0.463 e. The van der Waals surface area contributed by atoms with Crippen LogP contribution in [0.25, 0.3) is 0 Å². The van der Waals surface area contributed by atoms with E-state index in [1.165, 1.54) is 0 Å². The monoisotopic (exact) mass is 288 g/mol. The van der Waals surface area contributed by atoms with Gasteiger partial charge in [-0.15, -0.1) is 0 Å². The molecule has 0 spiro atoms. The molecule has 2 rings (SSSR count). The standard InChI is InChI=1S/C11H17ClN4OS/c1-3-5-17-11-14-9(12)13-10(15-11)16-4-6-18-7-8(16)2/h8H,3-7H2,1-2H3. The van der Waals surface area contributed by atoms with Crippen LogP contribution in [0.4, 0.5) is 5.95 Å². The van der Waals surface area contributed by atoms with Gasteiger partial charge in [-0.2, -0.15) is 26.7 Å². The maximum atomic E-state index is 5.92. The first-order chi connectivity index (χ1) is 8.70. The minimum atomic E-state index is 0.191. The van der Waals surface area contributed by atoms with Crippen LogP contribution in [0.5, 0.6) is 6.01 Å². The molecule has 0 aromatic carbocycles. The minimum absolute atomic E-state index is 0.191. The summed E-state index contributed by atoms with van der Waals surface area (Å²) in [6.07, 6.45) is 0.912. The number of hydrogen-bond donors (Lipinski definition) is 0. The molecule has 1 saturated heterocycles. The SMILES string of the molecule is CCCOc1nc(Cl)nc(N2CCSCC2C)n1. The number of ether oxygens (including phenoxy) is 1. The number of anilines is 1. The van der Waals surface area contributed by atoms with Gasteiger partial charge in [0, 0.05) is 24.1 Å². The van der Waals surface area contributed by atoms with Crippen LogP contribution in [0.3, 0.4) is 0 Å². The third-order valence-corrected chi connectivity index (χ3v) is 3.99. The molecule has 1 aromatic heterocycles. The average Bonchev–Trinajstić information content (AvgIpc) is 2.36. The van der Waals surface area contributed by atoms with Crippen molar-refractivity contribution in [3.05, 3.63) is 5.28 Å². The molecule has 1 aliphatic heterocycles. The molecule has 1 aromatic rings. The zero-order valence-electron chi connectivity index (χ0n) is 10.6. The van der Waals surface area contributed by atoms with Crippen LogP contribution in [0, 0.1) is 0 Å². The first-order valence-corrected chi connectivity index (χ1v) is 7.62. The Hall–Kier alpha value is -0.750. The lowest BCUT2D eigenvalue weighted by atomic mass is 10.3. The smallest absolute Gasteiger partial charge is 0.322 e. The van der Waals surface area contributed by atoms with Gasteiger partial charge in [0.05, 0.1) is 6.61 Å². The van der Waals surface area contributed by atoms with E-state index < -0.39 is 0 Å². The Morgan fingerprint density at radius 2 is 2.28 bits per heavy atom. The minimum Gasteiger partial charge on any atom is -0.463 e. The van der Waals surface area contributed by atoms with Crippen molar-refractivity contribution in [2.75, 3.05) is 29.6 Å². The second-order valence-electron chi connectivity index (χ2n) is 4.15. The van der Waals surface area contributed by atoms with Gasteiger partial charge in [0.1, 0.15) is 0 Å². The molecule has 5 nitrogen and oxygen atoms in total. The van der Waals surface area contributed by atoms with Crippen LogP contribution in [0.15, 0.2) is 0 Å². The molecule has 18 heavy (non-hydrogen) atoms. The highest BCUT2D eigenvalue weighted by Crippen LogP contribution is 2.22. The van der Waals surface area contributed by atoms with E-state index in [1.807, 2.05) is 18.7 Å². The van der Waals surface area contributed by atoms with E-state index in [9.17, 15) is 0 Å². The Kier molecular flexibility index (Phi) is 4.88. The van der Waals surface area contributed by atoms with E-state index in [-0.39, 0.29) is 5.28 Å². The fourth-order valence-electron chi connectivity index (χ4n) is 1.73. The summed E-state index contributed by atoms with van der Waals surface area (Å²) in [5.74, 6) is 2.78. The van der Waals surface area contributed by atoms with Crippen LogP contribution < -0.4 is 9.64 Å². The second-order valence-corrected chi connectivity index (χ2v) is 5.64. The predicted molar refractivity (Wildman–Crippen MR) is 74.8 cm³/mol. The summed E-state index contributed by atoms with van der Waals surface area (Å²) in [5, 5.41) is 0.191. The van der Waals surface area contributed by atoms with E-state index in [0.717, 1.165) is 24.5 Å². The summed E-state index contributed by atoms with van der Waals surface area (Å²) in [7, 11) is 0. The Labute approximate surface area is 116 Å². The lowest BCUT2D eigenvalue weighted by molar-refractivity contribution is 0.291. The lowest BCUT2D eigenvalue weighted by Gasteiger charge is -2.32. The summed E-state index contributed by atoms with van der Waals surface area (Å²) >= 11 is 7.87. The lowest BCUT2D eigenvalue weighted by Crippen LogP contribution is -2.41. The van der Waals surface area contributed by atoms with Gasteiger partial charge in [-0.1, -0.05) is 6.92 Å². The second kappa shape index (κ2) is 6.43. The molecule has 7 heteroatoms. The summed E-state index contributed by atoms with van der Waals surface area (Å²) in [6.45, 7) is 5.72. The van der Waals surface area contributed by atoms with Crippen molar-refractivity contribution in [2.24, 2.45) is 0 Å². The molecule has 2 heterocycles. The Morgan fingerprint density at radius 1 is 1.44 bits per heavy atom. The molecule has 0 N–H and O–H groups in total. The zero-order valence-corrected chi connectivity index (χ0v) is 12.2. The molecule has 0 amide bonds. The normalized spacial score (nSPS) is 19.9. The molecule has 1 atom stereocenters. The number of rotatable bonds is 4. The van der Waals surface area contributed by atoms with Gasteiger partial charge < -0.3 is 9.64 Å². The third kappa shape index (κ3) is 3.38. The molecule has 1 unspecified atom stereocenters. The summed E-state index contributed by atoms with van der Waals surface area (Å²) in [4.78, 5) is 14.7. The topological polar surface area (TPSA) is 51.1 Å². The van der Waals surface area contributed by atoms with Gasteiger partial charge in [0.2, 0.25) is 11.2 Å². The van der Waals surface area contributed by atoms with Crippen molar-refractivity contribution in [1.29, 1.82) is 0 Å². The van der Waals surface area contributed by atoms with Crippen molar-refractivity contribution in [2.45, 2.75) is 26.3 Å². The summed E-state index contributed by atoms with van der Waals surface area (Å²) < 4.78 is 5.42. The molecule has 1 fully saturated rings. The van der Waals surface area contributed by atoms with Crippen molar-refractivity contribution in [1.82, 2.24) is 15.0 Å². The van der Waals surface area contributed by atoms with Gasteiger partial charge in [-0.05, 0) is 24.9 Å². The first kappa shape index (κ1) is 13.7. The van der Waals surface area contributed by atoms with E-state index in [4.69, 9.17) is 16.3 Å². The van der Waals surface area contributed by atoms with Crippen LogP contribution in [0.1, 0.15) is 20.3 Å². The molecular weight excluding hydrogens is 272 g/mol. The highest BCUT2D eigenvalue weighted by atomic mass is 35.5. The number of hydrogen-bond acceptors (Lipinski definition) is 6. The molecular formula is C11H17ClN4OS. The summed E-state index contributed by atoms with van der Waals surface area (Å²) in [5.41, 5.74) is 0. The van der Waals surface area contributed by atoms with E-state index in [1.54, 1.807) is 0 Å². The Balaban J connectivity index is 2.18. The Morgan fingerprint density at radius 3 is 3.00 bits per heavy atom. The van der Waals surface area contributed by atoms with E-state index in [0.29, 0.717) is 24.6 Å².